The highest BCUT2D eigenvalue weighted by Crippen LogP contribution is 2.55. The second-order valence-electron chi connectivity index (χ2n) is 16.5. The molecule has 0 unspecified atom stereocenters. The van der Waals surface area contributed by atoms with Crippen molar-refractivity contribution in [1.29, 1.82) is 0 Å². The summed E-state index contributed by atoms with van der Waals surface area (Å²) in [5, 5.41) is 11.4. The van der Waals surface area contributed by atoms with Gasteiger partial charge in [-0.25, -0.2) is 0 Å². The monoisotopic (exact) mass is 928 g/mol. The number of rotatable bonds is 6. The Bertz CT molecular complexity index is 3560. The van der Waals surface area contributed by atoms with Crippen molar-refractivity contribution >= 4 is 142 Å². The standard InChI is InChI=1S/C56H38Br2N2O2/c1-31-15-5-9-21-43(31)59(45-23-13-19-37-35-17-7-11-25-49(35)61-55(37)45)47-27-33(3)39-30-42(58)54-48(28-34(4)40-29-41(57)53(47)51(39)52(40)54)60(44-22-10-6-16-32(44)2)46-24-14-20-38-36-18-8-12-26-50(36)62-56(38)46/h5-30H,1-4H3. The molecule has 0 N–H and O–H groups in total. The zero-order valence-electron chi connectivity index (χ0n) is 34.5. The molecule has 0 radical (unpaired) electrons. The Hall–Kier alpha value is -6.60. The lowest BCUT2D eigenvalue weighted by atomic mass is 9.88. The van der Waals surface area contributed by atoms with Crippen molar-refractivity contribution in [1.82, 2.24) is 0 Å². The molecule has 12 rings (SSSR count). The van der Waals surface area contributed by atoms with E-state index in [1.54, 1.807) is 0 Å². The van der Waals surface area contributed by atoms with E-state index in [9.17, 15) is 0 Å². The molecule has 0 aliphatic rings. The highest BCUT2D eigenvalue weighted by molar-refractivity contribution is 9.11. The summed E-state index contributed by atoms with van der Waals surface area (Å²) in [6.45, 7) is 8.86. The van der Waals surface area contributed by atoms with Crippen LogP contribution in [0.1, 0.15) is 22.3 Å². The summed E-state index contributed by atoms with van der Waals surface area (Å²) in [4.78, 5) is 4.82. The fraction of sp³-hybridized carbons (Fsp3) is 0.0714. The minimum atomic E-state index is 0.853. The van der Waals surface area contributed by atoms with Crippen LogP contribution < -0.4 is 9.80 Å². The summed E-state index contributed by atoms with van der Waals surface area (Å²) in [6, 6.07) is 56.3. The molecule has 0 amide bonds. The van der Waals surface area contributed by atoms with E-state index >= 15 is 0 Å². The third-order valence-corrected chi connectivity index (χ3v) is 14.1. The molecular formula is C56H38Br2N2O2. The fourth-order valence-electron chi connectivity index (χ4n) is 9.98. The van der Waals surface area contributed by atoms with Crippen LogP contribution in [0.15, 0.2) is 176 Å². The molecule has 6 heteroatoms. The molecular weight excluding hydrogens is 892 g/mol. The number of furan rings is 2. The zero-order valence-corrected chi connectivity index (χ0v) is 37.6. The van der Waals surface area contributed by atoms with Gasteiger partial charge in [0.2, 0.25) is 0 Å². The topological polar surface area (TPSA) is 32.8 Å². The van der Waals surface area contributed by atoms with Gasteiger partial charge >= 0.3 is 0 Å². The number of aryl methyl sites for hydroxylation is 4. The van der Waals surface area contributed by atoms with E-state index in [1.807, 2.05) is 12.1 Å². The number of para-hydroxylation sites is 6. The zero-order chi connectivity index (χ0) is 42.0. The molecule has 0 aliphatic heterocycles. The molecule has 0 atom stereocenters. The van der Waals surface area contributed by atoms with Crippen molar-refractivity contribution in [2.75, 3.05) is 9.80 Å². The second kappa shape index (κ2) is 14.0. The van der Waals surface area contributed by atoms with E-state index in [2.05, 4.69) is 215 Å². The maximum absolute atomic E-state index is 6.78. The first kappa shape index (κ1) is 37.2. The molecule has 298 valence electrons. The van der Waals surface area contributed by atoms with Crippen LogP contribution in [0.5, 0.6) is 0 Å². The number of benzene rings is 10. The summed E-state index contributed by atoms with van der Waals surface area (Å²) in [6.07, 6.45) is 0. The number of nitrogens with zero attached hydrogens (tertiary/aromatic N) is 2. The number of hydrogen-bond acceptors (Lipinski definition) is 4. The number of halogens is 2. The predicted octanol–water partition coefficient (Wildman–Crippen LogP) is 18.1. The third-order valence-electron chi connectivity index (χ3n) is 12.8. The average molecular weight is 931 g/mol. The lowest BCUT2D eigenvalue weighted by molar-refractivity contribution is 0.668. The van der Waals surface area contributed by atoms with Crippen molar-refractivity contribution < 1.29 is 8.83 Å². The molecule has 0 fully saturated rings. The highest BCUT2D eigenvalue weighted by atomic mass is 79.9. The first-order chi connectivity index (χ1) is 30.3. The van der Waals surface area contributed by atoms with Gasteiger partial charge in [0, 0.05) is 63.4 Å². The Morgan fingerprint density at radius 3 is 1.13 bits per heavy atom. The molecule has 0 aliphatic carbocycles. The number of anilines is 6. The van der Waals surface area contributed by atoms with E-state index in [4.69, 9.17) is 8.83 Å². The van der Waals surface area contributed by atoms with Crippen molar-refractivity contribution in [3.63, 3.8) is 0 Å². The SMILES string of the molecule is Cc1ccccc1N(c1cccc2c1oc1ccccc12)c1cc(C)c2cc(Br)c3c(N(c4ccccc4C)c4cccc5c4oc4ccccc45)cc(C)c4cc(Br)c1c2c43. The fourth-order valence-corrected chi connectivity index (χ4v) is 11.2. The van der Waals surface area contributed by atoms with Gasteiger partial charge in [0.05, 0.1) is 22.7 Å². The summed E-state index contributed by atoms with van der Waals surface area (Å²) in [5.41, 5.74) is 14.4. The summed E-state index contributed by atoms with van der Waals surface area (Å²) in [7, 11) is 0. The summed E-state index contributed by atoms with van der Waals surface area (Å²) >= 11 is 8.41. The molecule has 0 bridgehead atoms. The minimum absolute atomic E-state index is 0.853. The first-order valence-corrected chi connectivity index (χ1v) is 22.5. The lowest BCUT2D eigenvalue weighted by Crippen LogP contribution is -2.14. The van der Waals surface area contributed by atoms with Crippen molar-refractivity contribution in [3.05, 3.63) is 189 Å². The Balaban J connectivity index is 1.21. The van der Waals surface area contributed by atoms with Gasteiger partial charge in [-0.05, 0) is 121 Å². The molecule has 2 aromatic heterocycles. The van der Waals surface area contributed by atoms with Gasteiger partial charge in [0.25, 0.3) is 0 Å². The Labute approximate surface area is 375 Å². The molecule has 4 nitrogen and oxygen atoms in total. The Morgan fingerprint density at radius 1 is 0.323 bits per heavy atom. The second-order valence-corrected chi connectivity index (χ2v) is 18.2. The highest BCUT2D eigenvalue weighted by Gasteiger charge is 2.29. The van der Waals surface area contributed by atoms with Gasteiger partial charge < -0.3 is 18.6 Å². The van der Waals surface area contributed by atoms with Crippen LogP contribution in [0.2, 0.25) is 0 Å². The normalized spacial score (nSPS) is 12.0. The van der Waals surface area contributed by atoms with E-state index in [-0.39, 0.29) is 0 Å². The van der Waals surface area contributed by atoms with Crippen LogP contribution in [-0.4, -0.2) is 0 Å². The lowest BCUT2D eigenvalue weighted by Gasteiger charge is -2.32. The van der Waals surface area contributed by atoms with Crippen LogP contribution in [0, 0.1) is 27.7 Å². The van der Waals surface area contributed by atoms with Crippen molar-refractivity contribution in [2.24, 2.45) is 0 Å². The quantitative estimate of drug-likeness (QED) is 0.156. The van der Waals surface area contributed by atoms with Crippen molar-refractivity contribution in [3.8, 4) is 0 Å². The Kier molecular flexibility index (Phi) is 8.37. The Morgan fingerprint density at radius 2 is 0.694 bits per heavy atom. The predicted molar refractivity (Wildman–Crippen MR) is 268 cm³/mol. The first-order valence-electron chi connectivity index (χ1n) is 20.9. The summed E-state index contributed by atoms with van der Waals surface area (Å²) in [5.74, 6) is 0. The molecule has 62 heavy (non-hydrogen) atoms. The van der Waals surface area contributed by atoms with Crippen molar-refractivity contribution in [2.45, 2.75) is 27.7 Å². The van der Waals surface area contributed by atoms with Gasteiger partial charge in [-0.1, -0.05) is 129 Å². The molecule has 12 aromatic rings. The van der Waals surface area contributed by atoms with Crippen LogP contribution >= 0.6 is 31.9 Å². The smallest absolute Gasteiger partial charge is 0.159 e. The van der Waals surface area contributed by atoms with Gasteiger partial charge in [-0.3, -0.25) is 0 Å². The van der Waals surface area contributed by atoms with Gasteiger partial charge in [0.15, 0.2) is 11.2 Å². The van der Waals surface area contributed by atoms with E-state index in [0.29, 0.717) is 0 Å². The third kappa shape index (κ3) is 5.36. The molecule has 0 spiro atoms. The molecule has 0 saturated heterocycles. The molecule has 10 aromatic carbocycles. The van der Waals surface area contributed by atoms with Gasteiger partial charge in [-0.15, -0.1) is 0 Å². The maximum atomic E-state index is 6.78. The van der Waals surface area contributed by atoms with Crippen LogP contribution in [0.3, 0.4) is 0 Å². The number of fused-ring (bicyclic) bond motifs is 6. The van der Waals surface area contributed by atoms with Crippen LogP contribution in [-0.2, 0) is 0 Å². The van der Waals surface area contributed by atoms with Gasteiger partial charge in [0.1, 0.15) is 11.2 Å². The van der Waals surface area contributed by atoms with Crippen LogP contribution in [0.25, 0.3) is 76.2 Å². The van der Waals surface area contributed by atoms with E-state index < -0.39 is 0 Å². The maximum Gasteiger partial charge on any atom is 0.159 e. The van der Waals surface area contributed by atoms with Gasteiger partial charge in [-0.2, -0.15) is 0 Å². The van der Waals surface area contributed by atoms with Crippen LogP contribution in [0.4, 0.5) is 34.1 Å². The largest absolute Gasteiger partial charge is 0.454 e. The molecule has 2 heterocycles. The average Bonchev–Trinajstić information content (AvgIpc) is 3.86. The molecule has 0 saturated carbocycles. The van der Waals surface area contributed by atoms with E-state index in [0.717, 1.165) is 109 Å². The number of hydrogen-bond donors (Lipinski definition) is 0. The summed E-state index contributed by atoms with van der Waals surface area (Å²) < 4.78 is 15.6. The minimum Gasteiger partial charge on any atom is -0.454 e. The van der Waals surface area contributed by atoms with E-state index in [1.165, 1.54) is 32.7 Å².